The molecule has 4 rings (SSSR count). The van der Waals surface area contributed by atoms with E-state index in [2.05, 4.69) is 22.4 Å². The Kier molecular flexibility index (Phi) is 4.72. The molecule has 2 aliphatic heterocycles. The second-order valence-corrected chi connectivity index (χ2v) is 7.53. The predicted octanol–water partition coefficient (Wildman–Crippen LogP) is 2.31. The van der Waals surface area contributed by atoms with Gasteiger partial charge < -0.3 is 20.1 Å². The Labute approximate surface area is 166 Å². The molecular weight excluding hydrogens is 382 g/mol. The topological polar surface area (TPSA) is 104 Å². The lowest BCUT2D eigenvalue weighted by Gasteiger charge is -2.37. The molecule has 2 aromatic rings. The van der Waals surface area contributed by atoms with Crippen molar-refractivity contribution in [2.75, 3.05) is 13.1 Å². The number of imidazole rings is 1. The van der Waals surface area contributed by atoms with Crippen LogP contribution in [0.4, 0.5) is 0 Å². The summed E-state index contributed by atoms with van der Waals surface area (Å²) in [6.07, 6.45) is 3.02. The van der Waals surface area contributed by atoms with Crippen LogP contribution in [0, 0.1) is 0 Å². The number of carbonyl (C=O) groups is 2. The van der Waals surface area contributed by atoms with Crippen molar-refractivity contribution in [2.24, 2.45) is 0 Å². The van der Waals surface area contributed by atoms with Crippen molar-refractivity contribution in [3.05, 3.63) is 58.1 Å². The monoisotopic (exact) mass is 401 g/mol. The first-order valence-electron chi connectivity index (χ1n) is 9.18. The minimum absolute atomic E-state index is 0.0175. The predicted molar refractivity (Wildman–Crippen MR) is 104 cm³/mol. The number of carboxylic acids is 2. The van der Waals surface area contributed by atoms with E-state index in [4.69, 9.17) is 16.7 Å². The Morgan fingerprint density at radius 1 is 1.21 bits per heavy atom. The third kappa shape index (κ3) is 2.91. The van der Waals surface area contributed by atoms with Crippen LogP contribution in [0.15, 0.2) is 30.3 Å². The zero-order valence-corrected chi connectivity index (χ0v) is 15.9. The number of nitrogens with one attached hydrogen (secondary N) is 1. The van der Waals surface area contributed by atoms with Gasteiger partial charge in [-0.3, -0.25) is 0 Å². The molecule has 0 atom stereocenters. The third-order valence-electron chi connectivity index (χ3n) is 5.68. The highest BCUT2D eigenvalue weighted by Crippen LogP contribution is 2.45. The standard InChI is InChI=1S/C20H20ClN3O4/c21-17-16(13(18(27)28)11-15(25)26)23-19-20(6-8-22-9-7-20)14-4-2-1-3-12(14)5-10-24(17)19/h1-4,11,22H,5-10H2,(H,25,26)(H,27,28). The summed E-state index contributed by atoms with van der Waals surface area (Å²) in [5, 5.41) is 22.2. The van der Waals surface area contributed by atoms with Crippen molar-refractivity contribution in [1.82, 2.24) is 14.9 Å². The summed E-state index contributed by atoms with van der Waals surface area (Å²) in [5.74, 6) is -1.99. The number of aromatic nitrogens is 2. The smallest absolute Gasteiger partial charge is 0.338 e. The van der Waals surface area contributed by atoms with Gasteiger partial charge in [0.2, 0.25) is 0 Å². The molecule has 7 nitrogen and oxygen atoms in total. The molecule has 2 aliphatic rings. The molecule has 1 aromatic carbocycles. The largest absolute Gasteiger partial charge is 0.478 e. The lowest BCUT2D eigenvalue weighted by atomic mass is 9.71. The molecular formula is C20H20ClN3O4. The maximum absolute atomic E-state index is 11.7. The first-order chi connectivity index (χ1) is 13.4. The van der Waals surface area contributed by atoms with E-state index in [0.29, 0.717) is 12.6 Å². The van der Waals surface area contributed by atoms with E-state index < -0.39 is 17.5 Å². The lowest BCUT2D eigenvalue weighted by molar-refractivity contribution is -0.133. The molecule has 1 aromatic heterocycles. The number of hydrogen-bond donors (Lipinski definition) is 3. The fourth-order valence-electron chi connectivity index (χ4n) is 4.43. The fourth-order valence-corrected chi connectivity index (χ4v) is 4.74. The van der Waals surface area contributed by atoms with E-state index in [0.717, 1.165) is 38.2 Å². The van der Waals surface area contributed by atoms with E-state index in [1.54, 1.807) is 0 Å². The molecule has 1 saturated heterocycles. The minimum Gasteiger partial charge on any atom is -0.478 e. The SMILES string of the molecule is O=C(O)C=C(C(=O)O)c1nc2n(c1Cl)CCc1ccccc1C21CCNCC1. The van der Waals surface area contributed by atoms with Gasteiger partial charge in [0.15, 0.2) is 0 Å². The lowest BCUT2D eigenvalue weighted by Crippen LogP contribution is -2.42. The van der Waals surface area contributed by atoms with Gasteiger partial charge in [-0.25, -0.2) is 14.6 Å². The van der Waals surface area contributed by atoms with E-state index in [1.807, 2.05) is 16.7 Å². The second kappa shape index (κ2) is 7.07. The summed E-state index contributed by atoms with van der Waals surface area (Å²) >= 11 is 6.57. The molecule has 8 heteroatoms. The van der Waals surface area contributed by atoms with Gasteiger partial charge in [0.05, 0.1) is 11.0 Å². The number of hydrogen-bond acceptors (Lipinski definition) is 4. The van der Waals surface area contributed by atoms with Crippen LogP contribution in [0.5, 0.6) is 0 Å². The number of aryl methyl sites for hydroxylation is 1. The van der Waals surface area contributed by atoms with Gasteiger partial charge >= 0.3 is 11.9 Å². The van der Waals surface area contributed by atoms with Gasteiger partial charge in [0.25, 0.3) is 0 Å². The molecule has 0 amide bonds. The molecule has 3 N–H and O–H groups in total. The van der Waals surface area contributed by atoms with Crippen LogP contribution in [0.2, 0.25) is 5.15 Å². The van der Waals surface area contributed by atoms with Crippen molar-refractivity contribution in [1.29, 1.82) is 0 Å². The average molecular weight is 402 g/mol. The van der Waals surface area contributed by atoms with Gasteiger partial charge in [0, 0.05) is 12.6 Å². The summed E-state index contributed by atoms with van der Waals surface area (Å²) < 4.78 is 1.86. The summed E-state index contributed by atoms with van der Waals surface area (Å²) in [5.41, 5.74) is 1.67. The molecule has 146 valence electrons. The molecule has 3 heterocycles. The maximum atomic E-state index is 11.7. The van der Waals surface area contributed by atoms with E-state index in [1.165, 1.54) is 11.1 Å². The quantitative estimate of drug-likeness (QED) is 0.682. The Balaban J connectivity index is 1.96. The number of carboxylic acid groups (broad SMARTS) is 2. The van der Waals surface area contributed by atoms with Crippen molar-refractivity contribution in [3.63, 3.8) is 0 Å². The van der Waals surface area contributed by atoms with Crippen molar-refractivity contribution in [2.45, 2.75) is 31.2 Å². The van der Waals surface area contributed by atoms with Gasteiger partial charge in [-0.05, 0) is 43.5 Å². The summed E-state index contributed by atoms with van der Waals surface area (Å²) in [7, 11) is 0. The molecule has 0 bridgehead atoms. The first kappa shape index (κ1) is 18.7. The molecule has 1 spiro atoms. The average Bonchev–Trinajstić information content (AvgIpc) is 2.95. The van der Waals surface area contributed by atoms with Crippen LogP contribution in [-0.4, -0.2) is 44.8 Å². The summed E-state index contributed by atoms with van der Waals surface area (Å²) in [6.45, 7) is 2.18. The zero-order valence-electron chi connectivity index (χ0n) is 15.1. The van der Waals surface area contributed by atoms with Gasteiger partial charge in [-0.2, -0.15) is 0 Å². The van der Waals surface area contributed by atoms with Crippen molar-refractivity contribution < 1.29 is 19.8 Å². The normalized spacial score (nSPS) is 18.2. The minimum atomic E-state index is -1.36. The van der Waals surface area contributed by atoms with Crippen LogP contribution < -0.4 is 5.32 Å². The number of nitrogens with zero attached hydrogens (tertiary/aromatic N) is 2. The summed E-state index contributed by atoms with van der Waals surface area (Å²) in [4.78, 5) is 27.5. The Morgan fingerprint density at radius 3 is 2.61 bits per heavy atom. The highest BCUT2D eigenvalue weighted by molar-refractivity contribution is 6.33. The number of fused-ring (bicyclic) bond motifs is 4. The van der Waals surface area contributed by atoms with E-state index in [9.17, 15) is 14.7 Å². The maximum Gasteiger partial charge on any atom is 0.338 e. The van der Waals surface area contributed by atoms with Crippen LogP contribution in [0.1, 0.15) is 35.5 Å². The molecule has 28 heavy (non-hydrogen) atoms. The van der Waals surface area contributed by atoms with E-state index >= 15 is 0 Å². The Morgan fingerprint density at radius 2 is 1.93 bits per heavy atom. The number of rotatable bonds is 3. The number of piperidine rings is 1. The zero-order chi connectivity index (χ0) is 19.9. The van der Waals surface area contributed by atoms with Crippen LogP contribution in [0.3, 0.4) is 0 Å². The van der Waals surface area contributed by atoms with Gasteiger partial charge in [0.1, 0.15) is 16.7 Å². The molecule has 0 aliphatic carbocycles. The van der Waals surface area contributed by atoms with Crippen molar-refractivity contribution >= 4 is 29.1 Å². The number of benzene rings is 1. The third-order valence-corrected chi connectivity index (χ3v) is 6.06. The van der Waals surface area contributed by atoms with E-state index in [-0.39, 0.29) is 16.3 Å². The van der Waals surface area contributed by atoms with Gasteiger partial charge in [-0.1, -0.05) is 35.9 Å². The fraction of sp³-hybridized carbons (Fsp3) is 0.350. The second-order valence-electron chi connectivity index (χ2n) is 7.17. The number of aliphatic carboxylic acids is 2. The Hall–Kier alpha value is -2.64. The molecule has 0 unspecified atom stereocenters. The summed E-state index contributed by atoms with van der Waals surface area (Å²) in [6, 6.07) is 8.26. The van der Waals surface area contributed by atoms with Crippen LogP contribution in [0.25, 0.3) is 5.57 Å². The highest BCUT2D eigenvalue weighted by Gasteiger charge is 2.43. The highest BCUT2D eigenvalue weighted by atomic mass is 35.5. The molecule has 0 saturated carbocycles. The van der Waals surface area contributed by atoms with Crippen LogP contribution >= 0.6 is 11.6 Å². The molecule has 1 fully saturated rings. The van der Waals surface area contributed by atoms with Gasteiger partial charge in [-0.15, -0.1) is 0 Å². The number of halogens is 1. The first-order valence-corrected chi connectivity index (χ1v) is 9.56. The molecule has 0 radical (unpaired) electrons. The van der Waals surface area contributed by atoms with Crippen LogP contribution in [-0.2, 0) is 28.0 Å². The Bertz CT molecular complexity index is 989. The van der Waals surface area contributed by atoms with Crippen molar-refractivity contribution in [3.8, 4) is 0 Å².